The molecule has 2 heterocycles. The lowest BCUT2D eigenvalue weighted by Gasteiger charge is -2.40. The molecule has 2 saturated heterocycles. The normalized spacial score (nSPS) is 31.9. The summed E-state index contributed by atoms with van der Waals surface area (Å²) < 4.78 is 0. The molecule has 0 spiro atoms. The Morgan fingerprint density at radius 1 is 1.18 bits per heavy atom. The molecule has 1 aromatic rings. The van der Waals surface area contributed by atoms with Crippen molar-refractivity contribution in [3.05, 3.63) is 24.3 Å². The van der Waals surface area contributed by atoms with Crippen LogP contribution in [0.25, 0.3) is 0 Å². The number of anilines is 1. The number of thioether (sulfide) groups is 1. The lowest BCUT2D eigenvalue weighted by Crippen LogP contribution is -2.47. The second-order valence-corrected chi connectivity index (χ2v) is 6.04. The van der Waals surface area contributed by atoms with Gasteiger partial charge in [0, 0.05) is 23.0 Å². The predicted molar refractivity (Wildman–Crippen MR) is 74.7 cm³/mol. The Hall–Kier alpha value is -0.670. The van der Waals surface area contributed by atoms with Gasteiger partial charge in [-0.05, 0) is 44.1 Å². The van der Waals surface area contributed by atoms with Crippen molar-refractivity contribution in [3.8, 4) is 0 Å². The SMILES string of the molecule is CSc1ccccc1N1C2CCC1CC(N)C2. The van der Waals surface area contributed by atoms with Crippen LogP contribution >= 0.6 is 11.8 Å². The number of fused-ring (bicyclic) bond motifs is 2. The van der Waals surface area contributed by atoms with E-state index in [-0.39, 0.29) is 0 Å². The first kappa shape index (κ1) is 11.4. The monoisotopic (exact) mass is 248 g/mol. The number of hydrogen-bond acceptors (Lipinski definition) is 3. The van der Waals surface area contributed by atoms with Gasteiger partial charge in [0.25, 0.3) is 0 Å². The number of nitrogens with zero attached hydrogens (tertiary/aromatic N) is 1. The van der Waals surface area contributed by atoms with Crippen LogP contribution in [-0.2, 0) is 0 Å². The largest absolute Gasteiger partial charge is 0.365 e. The van der Waals surface area contributed by atoms with Crippen molar-refractivity contribution in [1.82, 2.24) is 0 Å². The third-order valence-corrected chi connectivity index (χ3v) is 4.92. The van der Waals surface area contributed by atoms with Crippen LogP contribution in [0.15, 0.2) is 29.2 Å². The summed E-state index contributed by atoms with van der Waals surface area (Å²) in [7, 11) is 0. The van der Waals surface area contributed by atoms with Crippen LogP contribution in [0, 0.1) is 0 Å². The first-order valence-corrected chi connectivity index (χ1v) is 7.69. The Morgan fingerprint density at radius 3 is 2.47 bits per heavy atom. The van der Waals surface area contributed by atoms with Crippen LogP contribution in [0.3, 0.4) is 0 Å². The number of piperidine rings is 1. The maximum Gasteiger partial charge on any atom is 0.0509 e. The lowest BCUT2D eigenvalue weighted by molar-refractivity contribution is 0.413. The fourth-order valence-corrected chi connectivity index (χ4v) is 4.05. The Kier molecular flexibility index (Phi) is 3.05. The molecule has 1 aromatic carbocycles. The zero-order valence-corrected chi connectivity index (χ0v) is 11.1. The van der Waals surface area contributed by atoms with Crippen LogP contribution in [-0.4, -0.2) is 24.4 Å². The summed E-state index contributed by atoms with van der Waals surface area (Å²) in [4.78, 5) is 4.05. The van der Waals surface area contributed by atoms with Crippen LogP contribution in [0.4, 0.5) is 5.69 Å². The van der Waals surface area contributed by atoms with Crippen LogP contribution < -0.4 is 10.6 Å². The molecule has 17 heavy (non-hydrogen) atoms. The van der Waals surface area contributed by atoms with E-state index in [9.17, 15) is 0 Å². The van der Waals surface area contributed by atoms with E-state index in [1.165, 1.54) is 36.3 Å². The highest BCUT2D eigenvalue weighted by atomic mass is 32.2. The van der Waals surface area contributed by atoms with Gasteiger partial charge in [-0.2, -0.15) is 0 Å². The molecule has 2 N–H and O–H groups in total. The molecule has 2 atom stereocenters. The quantitative estimate of drug-likeness (QED) is 0.816. The summed E-state index contributed by atoms with van der Waals surface area (Å²) in [5.74, 6) is 0. The van der Waals surface area contributed by atoms with Gasteiger partial charge in [0.15, 0.2) is 0 Å². The van der Waals surface area contributed by atoms with Crippen LogP contribution in [0.5, 0.6) is 0 Å². The van der Waals surface area contributed by atoms with E-state index >= 15 is 0 Å². The number of benzene rings is 1. The molecule has 2 aliphatic heterocycles. The van der Waals surface area contributed by atoms with E-state index in [1.807, 2.05) is 11.8 Å². The van der Waals surface area contributed by atoms with E-state index in [0.29, 0.717) is 18.1 Å². The van der Waals surface area contributed by atoms with Gasteiger partial charge in [0.2, 0.25) is 0 Å². The highest BCUT2D eigenvalue weighted by Gasteiger charge is 2.40. The second-order valence-electron chi connectivity index (χ2n) is 5.20. The standard InChI is InChI=1S/C14H20N2S/c1-17-14-5-3-2-4-13(14)16-11-6-7-12(16)9-10(15)8-11/h2-5,10-12H,6-9,15H2,1H3. The number of para-hydroxylation sites is 1. The van der Waals surface area contributed by atoms with Crippen LogP contribution in [0.2, 0.25) is 0 Å². The molecule has 3 rings (SSSR count). The minimum absolute atomic E-state index is 0.421. The third kappa shape index (κ3) is 1.95. The molecule has 92 valence electrons. The molecule has 3 heteroatoms. The zero-order chi connectivity index (χ0) is 11.8. The minimum atomic E-state index is 0.421. The van der Waals surface area contributed by atoms with Crippen molar-refractivity contribution in [1.29, 1.82) is 0 Å². The fourth-order valence-electron chi connectivity index (χ4n) is 3.46. The average Bonchev–Trinajstić information content (AvgIpc) is 2.61. The molecule has 2 bridgehead atoms. The van der Waals surface area contributed by atoms with Crippen molar-refractivity contribution in [2.75, 3.05) is 11.2 Å². The molecule has 0 saturated carbocycles. The summed E-state index contributed by atoms with van der Waals surface area (Å²) in [6.07, 6.45) is 7.14. The first-order valence-electron chi connectivity index (χ1n) is 6.46. The molecule has 2 aliphatic rings. The fraction of sp³-hybridized carbons (Fsp3) is 0.571. The number of hydrogen-bond donors (Lipinski definition) is 1. The van der Waals surface area contributed by atoms with Crippen molar-refractivity contribution < 1.29 is 0 Å². The Balaban J connectivity index is 1.94. The van der Waals surface area contributed by atoms with Gasteiger partial charge >= 0.3 is 0 Å². The Morgan fingerprint density at radius 2 is 1.82 bits per heavy atom. The average molecular weight is 248 g/mol. The molecular formula is C14H20N2S. The number of nitrogens with two attached hydrogens (primary N) is 1. The topological polar surface area (TPSA) is 29.3 Å². The van der Waals surface area contributed by atoms with Gasteiger partial charge in [-0.1, -0.05) is 12.1 Å². The third-order valence-electron chi connectivity index (χ3n) is 4.13. The molecule has 2 fully saturated rings. The minimum Gasteiger partial charge on any atom is -0.365 e. The predicted octanol–water partition coefficient (Wildman–Crippen LogP) is 2.87. The van der Waals surface area contributed by atoms with Crippen molar-refractivity contribution in [2.45, 2.75) is 48.7 Å². The van der Waals surface area contributed by atoms with Crippen LogP contribution in [0.1, 0.15) is 25.7 Å². The van der Waals surface area contributed by atoms with Gasteiger partial charge < -0.3 is 10.6 Å². The Labute approximate surface area is 108 Å². The molecule has 0 aromatic heterocycles. The van der Waals surface area contributed by atoms with E-state index in [4.69, 9.17) is 5.73 Å². The maximum absolute atomic E-state index is 6.13. The summed E-state index contributed by atoms with van der Waals surface area (Å²) in [6, 6.07) is 10.6. The summed E-state index contributed by atoms with van der Waals surface area (Å²) in [6.45, 7) is 0. The first-order chi connectivity index (χ1) is 8.29. The van der Waals surface area contributed by atoms with E-state index in [2.05, 4.69) is 35.4 Å². The molecule has 2 unspecified atom stereocenters. The van der Waals surface area contributed by atoms with E-state index in [1.54, 1.807) is 0 Å². The van der Waals surface area contributed by atoms with Crippen molar-refractivity contribution in [3.63, 3.8) is 0 Å². The van der Waals surface area contributed by atoms with Gasteiger partial charge in [-0.3, -0.25) is 0 Å². The summed E-state index contributed by atoms with van der Waals surface area (Å²) in [5.41, 5.74) is 7.56. The lowest BCUT2D eigenvalue weighted by atomic mass is 9.97. The highest BCUT2D eigenvalue weighted by Crippen LogP contribution is 2.41. The van der Waals surface area contributed by atoms with E-state index < -0.39 is 0 Å². The van der Waals surface area contributed by atoms with Crippen molar-refractivity contribution in [2.24, 2.45) is 5.73 Å². The smallest absolute Gasteiger partial charge is 0.0509 e. The molecule has 0 amide bonds. The van der Waals surface area contributed by atoms with Gasteiger partial charge in [-0.25, -0.2) is 0 Å². The van der Waals surface area contributed by atoms with Gasteiger partial charge in [-0.15, -0.1) is 11.8 Å². The second kappa shape index (κ2) is 4.54. The van der Waals surface area contributed by atoms with Crippen molar-refractivity contribution >= 4 is 17.4 Å². The summed E-state index contributed by atoms with van der Waals surface area (Å²) in [5, 5.41) is 0. The zero-order valence-electron chi connectivity index (χ0n) is 10.3. The summed E-state index contributed by atoms with van der Waals surface area (Å²) >= 11 is 1.85. The van der Waals surface area contributed by atoms with Gasteiger partial charge in [0.05, 0.1) is 5.69 Å². The van der Waals surface area contributed by atoms with Gasteiger partial charge in [0.1, 0.15) is 0 Å². The molecule has 0 radical (unpaired) electrons. The van der Waals surface area contributed by atoms with E-state index in [0.717, 1.165) is 0 Å². The molecule has 0 aliphatic carbocycles. The Bertz CT molecular complexity index is 393. The number of rotatable bonds is 2. The molecular weight excluding hydrogens is 228 g/mol. The molecule has 2 nitrogen and oxygen atoms in total. The highest BCUT2D eigenvalue weighted by molar-refractivity contribution is 7.98. The maximum atomic E-state index is 6.13.